The predicted octanol–water partition coefficient (Wildman–Crippen LogP) is 2.01. The van der Waals surface area contributed by atoms with E-state index in [9.17, 15) is 9.90 Å². The predicted molar refractivity (Wildman–Crippen MR) is 94.5 cm³/mol. The normalized spacial score (nSPS) is 23.2. The first-order valence-corrected chi connectivity index (χ1v) is 8.67. The molecule has 0 spiro atoms. The Morgan fingerprint density at radius 3 is 3.00 bits per heavy atom. The van der Waals surface area contributed by atoms with Crippen LogP contribution in [0.15, 0.2) is 36.9 Å². The van der Waals surface area contributed by atoms with E-state index in [2.05, 4.69) is 10.3 Å². The van der Waals surface area contributed by atoms with Crippen LogP contribution < -0.4 is 10.1 Å². The maximum absolute atomic E-state index is 12.5. The van der Waals surface area contributed by atoms with E-state index in [4.69, 9.17) is 4.74 Å². The summed E-state index contributed by atoms with van der Waals surface area (Å²) in [5.74, 6) is 0.612. The molecule has 0 saturated heterocycles. The first-order valence-electron chi connectivity index (χ1n) is 8.67. The number of carbonyl (C=O) groups is 1. The molecule has 0 unspecified atom stereocenters. The van der Waals surface area contributed by atoms with E-state index in [1.54, 1.807) is 19.6 Å². The van der Waals surface area contributed by atoms with Crippen LogP contribution in [0.1, 0.15) is 36.4 Å². The van der Waals surface area contributed by atoms with Crippen LogP contribution in [0, 0.1) is 6.92 Å². The van der Waals surface area contributed by atoms with Gasteiger partial charge in [0, 0.05) is 18.0 Å². The lowest BCUT2D eigenvalue weighted by atomic mass is 9.87. The van der Waals surface area contributed by atoms with Gasteiger partial charge >= 0.3 is 0 Å². The van der Waals surface area contributed by atoms with Gasteiger partial charge in [0.25, 0.3) is 0 Å². The lowest BCUT2D eigenvalue weighted by Gasteiger charge is -2.35. The monoisotopic (exact) mass is 343 g/mol. The van der Waals surface area contributed by atoms with Gasteiger partial charge in [-0.1, -0.05) is 17.7 Å². The van der Waals surface area contributed by atoms with Crippen molar-refractivity contribution in [3.05, 3.63) is 48.0 Å². The van der Waals surface area contributed by atoms with Crippen molar-refractivity contribution in [2.45, 2.75) is 50.8 Å². The van der Waals surface area contributed by atoms with Crippen molar-refractivity contribution in [1.29, 1.82) is 0 Å². The summed E-state index contributed by atoms with van der Waals surface area (Å²) in [6.45, 7) is 1.99. The van der Waals surface area contributed by atoms with E-state index in [-0.39, 0.29) is 24.4 Å². The summed E-state index contributed by atoms with van der Waals surface area (Å²) in [4.78, 5) is 16.6. The van der Waals surface area contributed by atoms with Crippen LogP contribution in [0.3, 0.4) is 0 Å². The minimum atomic E-state index is -0.619. The molecule has 6 nitrogen and oxygen atoms in total. The van der Waals surface area contributed by atoms with Crippen LogP contribution in [-0.4, -0.2) is 39.8 Å². The standard InChI is InChI=1S/C19H25N3O3/c1-13-6-7-17(25-2)14(10-13)11-18(23)21-15-4-3-5-16(19(15)24)22-9-8-20-12-22/h6-10,12,15-16,19,24H,3-5,11H2,1-2H3,(H,21,23)/t15-,16-,19-/m1/s1. The molecular formula is C19H25N3O3. The lowest BCUT2D eigenvalue weighted by Crippen LogP contribution is -2.49. The first-order chi connectivity index (χ1) is 12.1. The van der Waals surface area contributed by atoms with Crippen molar-refractivity contribution in [2.24, 2.45) is 0 Å². The summed E-state index contributed by atoms with van der Waals surface area (Å²) in [6.07, 6.45) is 7.53. The smallest absolute Gasteiger partial charge is 0.224 e. The highest BCUT2D eigenvalue weighted by Crippen LogP contribution is 2.29. The fourth-order valence-corrected chi connectivity index (χ4v) is 3.58. The Kier molecular flexibility index (Phi) is 5.38. The molecular weight excluding hydrogens is 318 g/mol. The fourth-order valence-electron chi connectivity index (χ4n) is 3.58. The van der Waals surface area contributed by atoms with Gasteiger partial charge < -0.3 is 19.7 Å². The molecule has 3 atom stereocenters. The number of aryl methyl sites for hydroxylation is 1. The number of aromatic nitrogens is 2. The molecule has 3 rings (SSSR count). The number of nitrogens with one attached hydrogen (secondary N) is 1. The number of amides is 1. The molecule has 134 valence electrons. The zero-order chi connectivity index (χ0) is 17.8. The number of benzene rings is 1. The van der Waals surface area contributed by atoms with Crippen LogP contribution in [0.5, 0.6) is 5.75 Å². The van der Waals surface area contributed by atoms with Crippen molar-refractivity contribution >= 4 is 5.91 Å². The number of aliphatic hydroxyl groups excluding tert-OH is 1. The SMILES string of the molecule is COc1ccc(C)cc1CC(=O)N[C@@H]1CCC[C@@H](n2ccnc2)[C@@H]1O. The van der Waals surface area contributed by atoms with Gasteiger partial charge in [-0.25, -0.2) is 4.98 Å². The van der Waals surface area contributed by atoms with Gasteiger partial charge in [0.05, 0.1) is 38.0 Å². The van der Waals surface area contributed by atoms with Crippen LogP contribution in [0.2, 0.25) is 0 Å². The molecule has 0 radical (unpaired) electrons. The molecule has 1 amide bonds. The average molecular weight is 343 g/mol. The van der Waals surface area contributed by atoms with Crippen LogP contribution >= 0.6 is 0 Å². The molecule has 1 aromatic heterocycles. The van der Waals surface area contributed by atoms with Crippen molar-refractivity contribution in [3.8, 4) is 5.75 Å². The lowest BCUT2D eigenvalue weighted by molar-refractivity contribution is -0.122. The van der Waals surface area contributed by atoms with E-state index in [1.807, 2.05) is 35.9 Å². The number of rotatable bonds is 5. The molecule has 25 heavy (non-hydrogen) atoms. The summed E-state index contributed by atoms with van der Waals surface area (Å²) in [7, 11) is 1.60. The van der Waals surface area contributed by atoms with Gasteiger partial charge in [-0.05, 0) is 32.3 Å². The minimum Gasteiger partial charge on any atom is -0.496 e. The molecule has 1 saturated carbocycles. The third-order valence-electron chi connectivity index (χ3n) is 4.86. The molecule has 2 aromatic rings. The number of hydrogen-bond donors (Lipinski definition) is 2. The number of aliphatic hydroxyl groups is 1. The zero-order valence-electron chi connectivity index (χ0n) is 14.7. The topological polar surface area (TPSA) is 76.4 Å². The van der Waals surface area contributed by atoms with E-state index in [0.717, 1.165) is 30.4 Å². The second kappa shape index (κ2) is 7.70. The van der Waals surface area contributed by atoms with Crippen molar-refractivity contribution in [3.63, 3.8) is 0 Å². The molecule has 1 aromatic carbocycles. The van der Waals surface area contributed by atoms with Gasteiger partial charge in [0.1, 0.15) is 5.75 Å². The summed E-state index contributed by atoms with van der Waals surface area (Å²) in [6, 6.07) is 5.51. The van der Waals surface area contributed by atoms with Crippen molar-refractivity contribution < 1.29 is 14.6 Å². The molecule has 1 aliphatic rings. The Morgan fingerprint density at radius 1 is 1.44 bits per heavy atom. The Labute approximate surface area is 147 Å². The maximum Gasteiger partial charge on any atom is 0.224 e. The largest absolute Gasteiger partial charge is 0.496 e. The van der Waals surface area contributed by atoms with E-state index in [1.165, 1.54) is 0 Å². The zero-order valence-corrected chi connectivity index (χ0v) is 14.7. The summed E-state index contributed by atoms with van der Waals surface area (Å²) < 4.78 is 7.26. The first kappa shape index (κ1) is 17.5. The molecule has 2 N–H and O–H groups in total. The molecule has 1 heterocycles. The molecule has 6 heteroatoms. The van der Waals surface area contributed by atoms with Gasteiger partial charge in [-0.15, -0.1) is 0 Å². The number of hydrogen-bond acceptors (Lipinski definition) is 4. The molecule has 0 bridgehead atoms. The second-order valence-electron chi connectivity index (χ2n) is 6.66. The molecule has 1 aliphatic carbocycles. The van der Waals surface area contributed by atoms with Gasteiger partial charge in [-0.3, -0.25) is 4.79 Å². The average Bonchev–Trinajstić information content (AvgIpc) is 3.11. The van der Waals surface area contributed by atoms with Crippen molar-refractivity contribution in [1.82, 2.24) is 14.9 Å². The number of nitrogens with zero attached hydrogens (tertiary/aromatic N) is 2. The highest BCUT2D eigenvalue weighted by atomic mass is 16.5. The highest BCUT2D eigenvalue weighted by Gasteiger charge is 2.33. The molecule has 1 fully saturated rings. The number of carbonyl (C=O) groups excluding carboxylic acids is 1. The second-order valence-corrected chi connectivity index (χ2v) is 6.66. The summed E-state index contributed by atoms with van der Waals surface area (Å²) >= 11 is 0. The van der Waals surface area contributed by atoms with E-state index >= 15 is 0 Å². The van der Waals surface area contributed by atoms with Gasteiger partial charge in [0.15, 0.2) is 0 Å². The molecule has 0 aliphatic heterocycles. The summed E-state index contributed by atoms with van der Waals surface area (Å²) in [5.41, 5.74) is 1.94. The van der Waals surface area contributed by atoms with Gasteiger partial charge in [0.2, 0.25) is 5.91 Å². The van der Waals surface area contributed by atoms with Crippen LogP contribution in [-0.2, 0) is 11.2 Å². The summed E-state index contributed by atoms with van der Waals surface area (Å²) in [5, 5.41) is 13.7. The number of imidazole rings is 1. The fraction of sp³-hybridized carbons (Fsp3) is 0.474. The van der Waals surface area contributed by atoms with Crippen LogP contribution in [0.25, 0.3) is 0 Å². The highest BCUT2D eigenvalue weighted by molar-refractivity contribution is 5.79. The van der Waals surface area contributed by atoms with Gasteiger partial charge in [-0.2, -0.15) is 0 Å². The van der Waals surface area contributed by atoms with E-state index < -0.39 is 6.10 Å². The Hall–Kier alpha value is -2.34. The number of ether oxygens (including phenoxy) is 1. The Bertz CT molecular complexity index is 715. The number of methoxy groups -OCH3 is 1. The Balaban J connectivity index is 1.65. The third kappa shape index (κ3) is 4.02. The van der Waals surface area contributed by atoms with Crippen LogP contribution in [0.4, 0.5) is 0 Å². The quantitative estimate of drug-likeness (QED) is 0.871. The Morgan fingerprint density at radius 2 is 2.28 bits per heavy atom. The maximum atomic E-state index is 12.5. The third-order valence-corrected chi connectivity index (χ3v) is 4.86. The van der Waals surface area contributed by atoms with E-state index in [0.29, 0.717) is 5.75 Å². The van der Waals surface area contributed by atoms with Crippen molar-refractivity contribution in [2.75, 3.05) is 7.11 Å². The minimum absolute atomic E-state index is 0.0462.